The number of rotatable bonds is 2. The molecule has 1 heteroatoms. The van der Waals surface area contributed by atoms with Gasteiger partial charge in [-0.05, 0) is 54.7 Å². The van der Waals surface area contributed by atoms with Crippen molar-refractivity contribution in [2.45, 2.75) is 57.0 Å². The lowest BCUT2D eigenvalue weighted by Gasteiger charge is -2.23. The molecule has 1 aromatic carbocycles. The first-order valence-electron chi connectivity index (χ1n) is 6.50. The Bertz CT molecular complexity index is 404. The highest BCUT2D eigenvalue weighted by Gasteiger charge is 2.40. The molecule has 0 aromatic heterocycles. The molecule has 0 bridgehead atoms. The molecule has 1 nitrogen and oxygen atoms in total. The Balaban J connectivity index is 1.88. The number of hydrogen-bond donors (Lipinski definition) is 1. The first-order valence-corrected chi connectivity index (χ1v) is 6.50. The normalized spacial score (nSPS) is 26.2. The molecule has 1 aromatic rings. The zero-order valence-electron chi connectivity index (χ0n) is 10.00. The Hall–Kier alpha value is -0.820. The van der Waals surface area contributed by atoms with E-state index in [1.807, 2.05) is 0 Å². The Morgan fingerprint density at radius 3 is 2.94 bits per heavy atom. The summed E-state index contributed by atoms with van der Waals surface area (Å²) >= 11 is 0. The van der Waals surface area contributed by atoms with Gasteiger partial charge in [-0.1, -0.05) is 25.1 Å². The maximum Gasteiger partial charge on any atom is 0.0690 e. The van der Waals surface area contributed by atoms with Gasteiger partial charge in [0.05, 0.1) is 5.60 Å². The van der Waals surface area contributed by atoms with Crippen molar-refractivity contribution in [3.8, 4) is 0 Å². The largest absolute Gasteiger partial charge is 0.390 e. The highest BCUT2D eigenvalue weighted by molar-refractivity contribution is 5.37. The van der Waals surface area contributed by atoms with Gasteiger partial charge in [0.15, 0.2) is 0 Å². The second-order valence-electron chi connectivity index (χ2n) is 5.73. The van der Waals surface area contributed by atoms with E-state index in [4.69, 9.17) is 0 Å². The van der Waals surface area contributed by atoms with Gasteiger partial charge < -0.3 is 5.11 Å². The quantitative estimate of drug-likeness (QED) is 0.805. The van der Waals surface area contributed by atoms with Gasteiger partial charge >= 0.3 is 0 Å². The Labute approximate surface area is 97.5 Å². The summed E-state index contributed by atoms with van der Waals surface area (Å²) in [5.74, 6) is 0.706. The lowest BCUT2D eigenvalue weighted by Crippen LogP contribution is -2.13. The SMILES string of the molecule is CC1CCCc2ccc(CC3(O)CC3)cc21. The predicted molar refractivity (Wildman–Crippen MR) is 65.7 cm³/mol. The summed E-state index contributed by atoms with van der Waals surface area (Å²) in [6, 6.07) is 6.84. The summed E-state index contributed by atoms with van der Waals surface area (Å²) in [6.07, 6.45) is 6.72. The summed E-state index contributed by atoms with van der Waals surface area (Å²) in [5.41, 5.74) is 4.04. The topological polar surface area (TPSA) is 20.2 Å². The molecule has 3 rings (SSSR count). The van der Waals surface area contributed by atoms with E-state index in [9.17, 15) is 5.11 Å². The molecule has 1 fully saturated rings. The first-order chi connectivity index (χ1) is 7.66. The lowest BCUT2D eigenvalue weighted by atomic mass is 9.82. The van der Waals surface area contributed by atoms with Crippen molar-refractivity contribution in [2.24, 2.45) is 0 Å². The average Bonchev–Trinajstić information content (AvgIpc) is 2.97. The number of aliphatic hydroxyl groups is 1. The van der Waals surface area contributed by atoms with Crippen LogP contribution in [0.1, 0.15) is 55.2 Å². The van der Waals surface area contributed by atoms with Crippen molar-refractivity contribution >= 4 is 0 Å². The first kappa shape index (κ1) is 10.3. The maximum atomic E-state index is 9.95. The predicted octanol–water partition coefficient (Wildman–Crippen LogP) is 3.19. The highest BCUT2D eigenvalue weighted by atomic mass is 16.3. The molecule has 0 radical (unpaired) electrons. The lowest BCUT2D eigenvalue weighted by molar-refractivity contribution is 0.151. The second kappa shape index (κ2) is 3.59. The zero-order valence-corrected chi connectivity index (χ0v) is 10.00. The van der Waals surface area contributed by atoms with E-state index < -0.39 is 0 Å². The minimum atomic E-state index is -0.355. The highest BCUT2D eigenvalue weighted by Crippen LogP contribution is 2.39. The number of benzene rings is 1. The molecule has 1 N–H and O–H groups in total. The minimum absolute atomic E-state index is 0.355. The van der Waals surface area contributed by atoms with Crippen LogP contribution in [0.5, 0.6) is 0 Å². The Morgan fingerprint density at radius 2 is 2.19 bits per heavy atom. The van der Waals surface area contributed by atoms with Crippen molar-refractivity contribution < 1.29 is 5.11 Å². The zero-order chi connectivity index (χ0) is 11.2. The van der Waals surface area contributed by atoms with Crippen LogP contribution < -0.4 is 0 Å². The molecule has 2 aliphatic rings. The van der Waals surface area contributed by atoms with Gasteiger partial charge in [-0.15, -0.1) is 0 Å². The van der Waals surface area contributed by atoms with Gasteiger partial charge in [0.1, 0.15) is 0 Å². The van der Waals surface area contributed by atoms with Crippen LogP contribution in [-0.2, 0) is 12.8 Å². The van der Waals surface area contributed by atoms with E-state index in [0.29, 0.717) is 5.92 Å². The number of fused-ring (bicyclic) bond motifs is 1. The summed E-state index contributed by atoms with van der Waals surface area (Å²) in [5, 5.41) is 9.95. The molecule has 1 saturated carbocycles. The van der Waals surface area contributed by atoms with E-state index in [1.54, 1.807) is 0 Å². The van der Waals surface area contributed by atoms with Crippen molar-refractivity contribution in [1.29, 1.82) is 0 Å². The van der Waals surface area contributed by atoms with Crippen molar-refractivity contribution in [1.82, 2.24) is 0 Å². The second-order valence-corrected chi connectivity index (χ2v) is 5.73. The summed E-state index contributed by atoms with van der Waals surface area (Å²) in [6.45, 7) is 2.33. The van der Waals surface area contributed by atoms with Crippen molar-refractivity contribution in [2.75, 3.05) is 0 Å². The molecule has 1 atom stereocenters. The van der Waals surface area contributed by atoms with Crippen LogP contribution in [0.4, 0.5) is 0 Å². The van der Waals surface area contributed by atoms with Crippen LogP contribution in [0.15, 0.2) is 18.2 Å². The van der Waals surface area contributed by atoms with Crippen LogP contribution in [0.3, 0.4) is 0 Å². The molecular weight excluding hydrogens is 196 g/mol. The average molecular weight is 216 g/mol. The third-order valence-corrected chi connectivity index (χ3v) is 4.18. The van der Waals surface area contributed by atoms with Gasteiger partial charge in [-0.2, -0.15) is 0 Å². The fourth-order valence-corrected chi connectivity index (χ4v) is 2.90. The molecule has 16 heavy (non-hydrogen) atoms. The molecule has 2 aliphatic carbocycles. The van der Waals surface area contributed by atoms with Gasteiger partial charge in [-0.25, -0.2) is 0 Å². The standard InChI is InChI=1S/C15H20O/c1-11-3-2-4-13-6-5-12(9-14(11)13)10-15(16)7-8-15/h5-6,9,11,16H,2-4,7-8,10H2,1H3. The van der Waals surface area contributed by atoms with E-state index in [-0.39, 0.29) is 5.60 Å². The molecule has 1 unspecified atom stereocenters. The van der Waals surface area contributed by atoms with Crippen LogP contribution >= 0.6 is 0 Å². The van der Waals surface area contributed by atoms with E-state index in [0.717, 1.165) is 19.3 Å². The fraction of sp³-hybridized carbons (Fsp3) is 0.600. The van der Waals surface area contributed by atoms with Crippen LogP contribution in [0.25, 0.3) is 0 Å². The summed E-state index contributed by atoms with van der Waals surface area (Å²) < 4.78 is 0. The molecule has 0 spiro atoms. The Kier molecular flexibility index (Phi) is 2.32. The number of hydrogen-bond acceptors (Lipinski definition) is 1. The van der Waals surface area contributed by atoms with Gasteiger partial charge in [0.2, 0.25) is 0 Å². The van der Waals surface area contributed by atoms with E-state index in [1.165, 1.54) is 36.0 Å². The van der Waals surface area contributed by atoms with Crippen LogP contribution in [0, 0.1) is 0 Å². The summed E-state index contributed by atoms with van der Waals surface area (Å²) in [7, 11) is 0. The van der Waals surface area contributed by atoms with E-state index in [2.05, 4.69) is 25.1 Å². The minimum Gasteiger partial charge on any atom is -0.390 e. The fourth-order valence-electron chi connectivity index (χ4n) is 2.90. The van der Waals surface area contributed by atoms with Gasteiger partial charge in [0.25, 0.3) is 0 Å². The smallest absolute Gasteiger partial charge is 0.0690 e. The third-order valence-electron chi connectivity index (χ3n) is 4.18. The van der Waals surface area contributed by atoms with Crippen molar-refractivity contribution in [3.05, 3.63) is 34.9 Å². The van der Waals surface area contributed by atoms with Gasteiger partial charge in [-0.3, -0.25) is 0 Å². The van der Waals surface area contributed by atoms with Crippen LogP contribution in [0.2, 0.25) is 0 Å². The van der Waals surface area contributed by atoms with Crippen LogP contribution in [-0.4, -0.2) is 10.7 Å². The molecule has 86 valence electrons. The molecule has 0 heterocycles. The third kappa shape index (κ3) is 1.89. The molecule has 0 saturated heterocycles. The molecule has 0 aliphatic heterocycles. The summed E-state index contributed by atoms with van der Waals surface area (Å²) in [4.78, 5) is 0. The van der Waals surface area contributed by atoms with Gasteiger partial charge in [0, 0.05) is 6.42 Å². The van der Waals surface area contributed by atoms with E-state index >= 15 is 0 Å². The number of aryl methyl sites for hydroxylation is 1. The molecular formula is C15H20O. The molecule has 0 amide bonds. The Morgan fingerprint density at radius 1 is 1.38 bits per heavy atom. The monoisotopic (exact) mass is 216 g/mol. The van der Waals surface area contributed by atoms with Crippen molar-refractivity contribution in [3.63, 3.8) is 0 Å². The maximum absolute atomic E-state index is 9.95.